The Morgan fingerprint density at radius 1 is 1.21 bits per heavy atom. The van der Waals surface area contributed by atoms with E-state index in [0.717, 1.165) is 11.1 Å². The summed E-state index contributed by atoms with van der Waals surface area (Å²) in [6, 6.07) is 10.4. The van der Waals surface area contributed by atoms with Crippen LogP contribution in [0, 0.1) is 13.8 Å². The second kappa shape index (κ2) is 5.76. The Morgan fingerprint density at radius 3 is 2.62 bits per heavy atom. The Balaban J connectivity index is 1.97. The summed E-state index contributed by atoms with van der Waals surface area (Å²) in [4.78, 5) is 25.0. The molecule has 0 aliphatic carbocycles. The molecule has 24 heavy (non-hydrogen) atoms. The second-order valence-corrected chi connectivity index (χ2v) is 6.14. The van der Waals surface area contributed by atoms with Gasteiger partial charge in [0.05, 0.1) is 13.5 Å². The minimum atomic E-state index is -1.89. The summed E-state index contributed by atoms with van der Waals surface area (Å²) < 4.78 is 5.15. The molecule has 3 rings (SSSR count). The van der Waals surface area contributed by atoms with Crippen LogP contribution in [0.1, 0.15) is 33.5 Å². The number of fused-ring (bicyclic) bond motifs is 1. The van der Waals surface area contributed by atoms with Crippen molar-refractivity contribution >= 4 is 17.4 Å². The molecule has 2 aromatic rings. The zero-order valence-corrected chi connectivity index (χ0v) is 13.8. The number of hydrogen-bond donors (Lipinski definition) is 2. The summed E-state index contributed by atoms with van der Waals surface area (Å²) >= 11 is 0. The molecule has 0 saturated carbocycles. The molecule has 1 amide bonds. The highest BCUT2D eigenvalue weighted by Crippen LogP contribution is 2.41. The number of benzene rings is 2. The SMILES string of the molecule is COc1ccc2c(c1)[C@@](O)(CC(=O)c1ccc(C)cc1C)C(=O)N2. The van der Waals surface area contributed by atoms with Gasteiger partial charge in [-0.3, -0.25) is 9.59 Å². The van der Waals surface area contributed by atoms with Crippen LogP contribution in [0.25, 0.3) is 0 Å². The predicted octanol–water partition coefficient (Wildman–Crippen LogP) is 2.72. The molecule has 1 aliphatic heterocycles. The average Bonchev–Trinajstić information content (AvgIpc) is 2.77. The minimum Gasteiger partial charge on any atom is -0.497 e. The summed E-state index contributed by atoms with van der Waals surface area (Å²) in [6.45, 7) is 3.79. The van der Waals surface area contributed by atoms with E-state index in [4.69, 9.17) is 4.74 Å². The molecule has 0 saturated heterocycles. The molecule has 1 aliphatic rings. The second-order valence-electron chi connectivity index (χ2n) is 6.14. The monoisotopic (exact) mass is 325 g/mol. The minimum absolute atomic E-state index is 0.277. The van der Waals surface area contributed by atoms with Crippen molar-refractivity contribution in [3.05, 3.63) is 58.7 Å². The largest absolute Gasteiger partial charge is 0.497 e. The van der Waals surface area contributed by atoms with Gasteiger partial charge in [-0.15, -0.1) is 0 Å². The topological polar surface area (TPSA) is 75.6 Å². The third-order valence-corrected chi connectivity index (χ3v) is 4.39. The number of aryl methyl sites for hydroxylation is 2. The Hall–Kier alpha value is -2.66. The fourth-order valence-corrected chi connectivity index (χ4v) is 3.08. The molecule has 0 spiro atoms. The summed E-state index contributed by atoms with van der Waals surface area (Å²) in [5.41, 5.74) is 1.36. The van der Waals surface area contributed by atoms with Gasteiger partial charge < -0.3 is 15.2 Å². The number of aliphatic hydroxyl groups is 1. The molecule has 0 aromatic heterocycles. The number of hydrogen-bond acceptors (Lipinski definition) is 4. The third-order valence-electron chi connectivity index (χ3n) is 4.39. The van der Waals surface area contributed by atoms with Crippen LogP contribution < -0.4 is 10.1 Å². The van der Waals surface area contributed by atoms with E-state index in [1.54, 1.807) is 24.3 Å². The van der Waals surface area contributed by atoms with E-state index in [1.807, 2.05) is 26.0 Å². The molecule has 5 heteroatoms. The fraction of sp³-hybridized carbons (Fsp3) is 0.263. The smallest absolute Gasteiger partial charge is 0.261 e. The molecule has 124 valence electrons. The molecule has 0 bridgehead atoms. The summed E-state index contributed by atoms with van der Waals surface area (Å²) in [6.07, 6.45) is -0.317. The number of carbonyl (C=O) groups excluding carboxylic acids is 2. The molecule has 0 unspecified atom stereocenters. The van der Waals surface area contributed by atoms with Crippen LogP contribution >= 0.6 is 0 Å². The lowest BCUT2D eigenvalue weighted by molar-refractivity contribution is -0.133. The molecule has 0 radical (unpaired) electrons. The summed E-state index contributed by atoms with van der Waals surface area (Å²) in [5, 5.41) is 13.5. The van der Waals surface area contributed by atoms with Gasteiger partial charge in [0.15, 0.2) is 11.4 Å². The number of methoxy groups -OCH3 is 1. The average molecular weight is 325 g/mol. The van der Waals surface area contributed by atoms with Crippen molar-refractivity contribution in [3.8, 4) is 5.75 Å². The third kappa shape index (κ3) is 2.57. The van der Waals surface area contributed by atoms with E-state index >= 15 is 0 Å². The number of ketones is 1. The number of carbonyl (C=O) groups is 2. The van der Waals surface area contributed by atoms with Gasteiger partial charge in [0.2, 0.25) is 0 Å². The molecule has 1 atom stereocenters. The van der Waals surface area contributed by atoms with Gasteiger partial charge >= 0.3 is 0 Å². The number of anilines is 1. The van der Waals surface area contributed by atoms with Gasteiger partial charge in [-0.1, -0.05) is 23.8 Å². The number of ether oxygens (including phenoxy) is 1. The molecule has 0 fully saturated rings. The van der Waals surface area contributed by atoms with Crippen molar-refractivity contribution < 1.29 is 19.4 Å². The van der Waals surface area contributed by atoms with Crippen LogP contribution in [-0.4, -0.2) is 23.9 Å². The van der Waals surface area contributed by atoms with Crippen molar-refractivity contribution in [1.29, 1.82) is 0 Å². The zero-order chi connectivity index (χ0) is 17.5. The van der Waals surface area contributed by atoms with E-state index < -0.39 is 11.5 Å². The molecular formula is C19H19NO4. The fourth-order valence-electron chi connectivity index (χ4n) is 3.08. The van der Waals surface area contributed by atoms with E-state index in [9.17, 15) is 14.7 Å². The maximum absolute atomic E-state index is 12.7. The number of nitrogens with one attached hydrogen (secondary N) is 1. The first kappa shape index (κ1) is 16.2. The van der Waals surface area contributed by atoms with E-state index in [0.29, 0.717) is 22.6 Å². The van der Waals surface area contributed by atoms with Crippen molar-refractivity contribution in [2.75, 3.05) is 12.4 Å². The summed E-state index contributed by atoms with van der Waals surface area (Å²) in [5.74, 6) is -0.354. The van der Waals surface area contributed by atoms with Gasteiger partial charge in [0, 0.05) is 16.8 Å². The lowest BCUT2D eigenvalue weighted by Gasteiger charge is -2.21. The Kier molecular flexibility index (Phi) is 3.89. The van der Waals surface area contributed by atoms with Crippen LogP contribution in [0.3, 0.4) is 0 Å². The van der Waals surface area contributed by atoms with Crippen molar-refractivity contribution in [2.45, 2.75) is 25.9 Å². The summed E-state index contributed by atoms with van der Waals surface area (Å²) in [7, 11) is 1.51. The van der Waals surface area contributed by atoms with E-state index in [1.165, 1.54) is 7.11 Å². The molecule has 2 aromatic carbocycles. The van der Waals surface area contributed by atoms with E-state index in [-0.39, 0.29) is 12.2 Å². The maximum atomic E-state index is 12.7. The van der Waals surface area contributed by atoms with Gasteiger partial charge in [0.25, 0.3) is 5.91 Å². The standard InChI is InChI=1S/C19H19NO4/c1-11-4-6-14(12(2)8-11)17(21)10-19(23)15-9-13(24-3)5-7-16(15)20-18(19)22/h4-9,23H,10H2,1-3H3,(H,20,22)/t19-/m0/s1. The van der Waals surface area contributed by atoms with Gasteiger partial charge in [0.1, 0.15) is 5.75 Å². The predicted molar refractivity (Wildman–Crippen MR) is 90.4 cm³/mol. The zero-order valence-electron chi connectivity index (χ0n) is 13.8. The number of amides is 1. The highest BCUT2D eigenvalue weighted by molar-refractivity contribution is 6.09. The first-order chi connectivity index (χ1) is 11.3. The van der Waals surface area contributed by atoms with E-state index in [2.05, 4.69) is 5.32 Å². The molecule has 1 heterocycles. The number of rotatable bonds is 4. The Bertz CT molecular complexity index is 843. The van der Waals surface area contributed by atoms with Crippen LogP contribution in [0.5, 0.6) is 5.75 Å². The van der Waals surface area contributed by atoms with Crippen molar-refractivity contribution in [3.63, 3.8) is 0 Å². The quantitative estimate of drug-likeness (QED) is 0.848. The lowest BCUT2D eigenvalue weighted by Crippen LogP contribution is -2.36. The van der Waals surface area contributed by atoms with Crippen molar-refractivity contribution in [1.82, 2.24) is 0 Å². The molecular weight excluding hydrogens is 306 g/mol. The highest BCUT2D eigenvalue weighted by Gasteiger charge is 2.47. The maximum Gasteiger partial charge on any atom is 0.261 e. The Morgan fingerprint density at radius 2 is 1.96 bits per heavy atom. The van der Waals surface area contributed by atoms with Gasteiger partial charge in [-0.25, -0.2) is 0 Å². The molecule has 2 N–H and O–H groups in total. The molecule has 5 nitrogen and oxygen atoms in total. The van der Waals surface area contributed by atoms with Crippen LogP contribution in [0.15, 0.2) is 36.4 Å². The van der Waals surface area contributed by atoms with Crippen LogP contribution in [-0.2, 0) is 10.4 Å². The van der Waals surface area contributed by atoms with Gasteiger partial charge in [-0.2, -0.15) is 0 Å². The van der Waals surface area contributed by atoms with Crippen LogP contribution in [0.2, 0.25) is 0 Å². The first-order valence-corrected chi connectivity index (χ1v) is 7.68. The van der Waals surface area contributed by atoms with Crippen molar-refractivity contribution in [2.24, 2.45) is 0 Å². The normalized spacial score (nSPS) is 18.9. The van der Waals surface area contributed by atoms with Crippen LogP contribution in [0.4, 0.5) is 5.69 Å². The lowest BCUT2D eigenvalue weighted by atomic mass is 9.87. The first-order valence-electron chi connectivity index (χ1n) is 7.68. The number of Topliss-reactive ketones (excluding diaryl/α,β-unsaturated/α-hetero) is 1. The van der Waals surface area contributed by atoms with Gasteiger partial charge in [-0.05, 0) is 37.6 Å². The highest BCUT2D eigenvalue weighted by atomic mass is 16.5. The Labute approximate surface area is 140 Å².